The molecule has 1 N–H and O–H groups in total. The third-order valence-corrected chi connectivity index (χ3v) is 5.36. The zero-order chi connectivity index (χ0) is 15.7. The van der Waals surface area contributed by atoms with Gasteiger partial charge in [0.1, 0.15) is 0 Å². The van der Waals surface area contributed by atoms with Gasteiger partial charge in [-0.2, -0.15) is 0 Å². The lowest BCUT2D eigenvalue weighted by molar-refractivity contribution is -0.129. The zero-order valence-corrected chi connectivity index (χ0v) is 13.6. The lowest BCUT2D eigenvalue weighted by Crippen LogP contribution is -2.31. The highest BCUT2D eigenvalue weighted by molar-refractivity contribution is 7.12. The van der Waals surface area contributed by atoms with E-state index >= 15 is 0 Å². The van der Waals surface area contributed by atoms with E-state index in [1.807, 2.05) is 29.8 Å². The molecule has 0 saturated carbocycles. The summed E-state index contributed by atoms with van der Waals surface area (Å²) in [5.74, 6) is -1.14. The predicted octanol–water partition coefficient (Wildman–Crippen LogP) is 3.80. The van der Waals surface area contributed by atoms with Crippen LogP contribution in [-0.4, -0.2) is 28.2 Å². The van der Waals surface area contributed by atoms with Crippen molar-refractivity contribution in [2.24, 2.45) is 0 Å². The number of aliphatic hydroxyl groups is 1. The standard InChI is InChI=1S/C16H15NO3S2/c1-2-7-17-13(10-5-3-8-21-10)12(15(19)16(17)20)14(18)11-6-4-9-22-11/h3-6,8-9,13,19H,2,7H2,1H3. The molecule has 0 fully saturated rings. The van der Waals surface area contributed by atoms with E-state index in [1.165, 1.54) is 22.7 Å². The maximum Gasteiger partial charge on any atom is 0.290 e. The number of nitrogens with zero attached hydrogens (tertiary/aromatic N) is 1. The Labute approximate surface area is 136 Å². The van der Waals surface area contributed by atoms with Crippen LogP contribution in [0.2, 0.25) is 0 Å². The topological polar surface area (TPSA) is 57.6 Å². The van der Waals surface area contributed by atoms with E-state index in [0.717, 1.165) is 11.3 Å². The number of rotatable bonds is 5. The van der Waals surface area contributed by atoms with Gasteiger partial charge in [-0.25, -0.2) is 0 Å². The Morgan fingerprint density at radius 3 is 2.59 bits per heavy atom. The van der Waals surface area contributed by atoms with Gasteiger partial charge in [0.05, 0.1) is 16.5 Å². The average Bonchev–Trinajstić information content (AvgIpc) is 3.24. The van der Waals surface area contributed by atoms with Crippen LogP contribution < -0.4 is 0 Å². The number of hydrogen-bond donors (Lipinski definition) is 1. The fourth-order valence-corrected chi connectivity index (χ4v) is 4.16. The van der Waals surface area contributed by atoms with Crippen molar-refractivity contribution in [1.82, 2.24) is 4.90 Å². The molecule has 2 aromatic rings. The highest BCUT2D eigenvalue weighted by Crippen LogP contribution is 2.41. The van der Waals surface area contributed by atoms with Gasteiger partial charge in [-0.15, -0.1) is 22.7 Å². The molecule has 3 rings (SSSR count). The average molecular weight is 333 g/mol. The van der Waals surface area contributed by atoms with Crippen LogP contribution in [0.3, 0.4) is 0 Å². The Kier molecular flexibility index (Phi) is 4.13. The van der Waals surface area contributed by atoms with Crippen LogP contribution in [0.4, 0.5) is 0 Å². The summed E-state index contributed by atoms with van der Waals surface area (Å²) in [5.41, 5.74) is 0.198. The monoisotopic (exact) mass is 333 g/mol. The highest BCUT2D eigenvalue weighted by atomic mass is 32.1. The molecule has 114 valence electrons. The summed E-state index contributed by atoms with van der Waals surface area (Å²) >= 11 is 2.80. The lowest BCUT2D eigenvalue weighted by atomic mass is 10.0. The molecule has 2 aromatic heterocycles. The molecule has 1 atom stereocenters. The van der Waals surface area contributed by atoms with Gasteiger partial charge in [-0.3, -0.25) is 9.59 Å². The van der Waals surface area contributed by atoms with E-state index in [4.69, 9.17) is 0 Å². The first kappa shape index (κ1) is 15.0. The summed E-state index contributed by atoms with van der Waals surface area (Å²) < 4.78 is 0. The van der Waals surface area contributed by atoms with Gasteiger partial charge >= 0.3 is 0 Å². The molecule has 1 aliphatic rings. The van der Waals surface area contributed by atoms with Crippen LogP contribution >= 0.6 is 22.7 Å². The second kappa shape index (κ2) is 6.06. The van der Waals surface area contributed by atoms with E-state index in [1.54, 1.807) is 17.0 Å². The fraction of sp³-hybridized carbons (Fsp3) is 0.250. The summed E-state index contributed by atoms with van der Waals surface area (Å²) in [6.45, 7) is 2.47. The van der Waals surface area contributed by atoms with E-state index in [0.29, 0.717) is 11.4 Å². The van der Waals surface area contributed by atoms with Gasteiger partial charge in [-0.1, -0.05) is 19.1 Å². The largest absolute Gasteiger partial charge is 0.503 e. The van der Waals surface area contributed by atoms with Gasteiger partial charge in [0.15, 0.2) is 5.76 Å². The molecule has 0 saturated heterocycles. The van der Waals surface area contributed by atoms with Crippen molar-refractivity contribution < 1.29 is 14.7 Å². The van der Waals surface area contributed by atoms with Gasteiger partial charge in [-0.05, 0) is 29.3 Å². The molecule has 22 heavy (non-hydrogen) atoms. The van der Waals surface area contributed by atoms with Crippen molar-refractivity contribution in [3.8, 4) is 0 Å². The van der Waals surface area contributed by atoms with Gasteiger partial charge < -0.3 is 10.0 Å². The molecule has 3 heterocycles. The Hall–Kier alpha value is -1.92. The van der Waals surface area contributed by atoms with Crippen molar-refractivity contribution >= 4 is 34.4 Å². The molecule has 1 aliphatic heterocycles. The number of carbonyl (C=O) groups is 2. The number of Topliss-reactive ketones (excluding diaryl/α,β-unsaturated/α-hetero) is 1. The van der Waals surface area contributed by atoms with Gasteiger partial charge in [0.2, 0.25) is 5.78 Å². The number of amides is 1. The van der Waals surface area contributed by atoms with Crippen LogP contribution in [0.15, 0.2) is 46.4 Å². The Bertz CT molecular complexity index is 717. The first-order valence-corrected chi connectivity index (χ1v) is 8.76. The van der Waals surface area contributed by atoms with Crippen LogP contribution in [0.25, 0.3) is 0 Å². The normalized spacial score (nSPS) is 18.3. The van der Waals surface area contributed by atoms with Crippen molar-refractivity contribution in [3.63, 3.8) is 0 Å². The van der Waals surface area contributed by atoms with Crippen molar-refractivity contribution in [1.29, 1.82) is 0 Å². The molecule has 0 bridgehead atoms. The summed E-state index contributed by atoms with van der Waals surface area (Å²) in [6.07, 6.45) is 0.765. The number of ketones is 1. The first-order chi connectivity index (χ1) is 10.6. The second-order valence-corrected chi connectivity index (χ2v) is 6.91. The minimum absolute atomic E-state index is 0.198. The zero-order valence-electron chi connectivity index (χ0n) is 12.0. The van der Waals surface area contributed by atoms with Crippen LogP contribution in [-0.2, 0) is 4.79 Å². The number of aliphatic hydroxyl groups excluding tert-OH is 1. The molecule has 4 nitrogen and oxygen atoms in total. The molecule has 1 unspecified atom stereocenters. The molecule has 0 radical (unpaired) electrons. The highest BCUT2D eigenvalue weighted by Gasteiger charge is 2.43. The van der Waals surface area contributed by atoms with Crippen molar-refractivity contribution in [3.05, 3.63) is 56.1 Å². The number of carbonyl (C=O) groups excluding carboxylic acids is 2. The number of thiophene rings is 2. The smallest absolute Gasteiger partial charge is 0.290 e. The quantitative estimate of drug-likeness (QED) is 0.847. The molecule has 6 heteroatoms. The van der Waals surface area contributed by atoms with Gasteiger partial charge in [0.25, 0.3) is 5.91 Å². The van der Waals surface area contributed by atoms with Crippen LogP contribution in [0.1, 0.15) is 33.9 Å². The molecular formula is C16H15NO3S2. The van der Waals surface area contributed by atoms with Gasteiger partial charge in [0, 0.05) is 11.4 Å². The SMILES string of the molecule is CCCN1C(=O)C(O)=C(C(=O)c2cccs2)C1c1cccs1. The Morgan fingerprint density at radius 2 is 2.00 bits per heavy atom. The Morgan fingerprint density at radius 1 is 1.27 bits per heavy atom. The number of hydrogen-bond acceptors (Lipinski definition) is 5. The molecule has 0 aromatic carbocycles. The maximum atomic E-state index is 12.7. The molecule has 1 amide bonds. The van der Waals surface area contributed by atoms with Crippen molar-refractivity contribution in [2.45, 2.75) is 19.4 Å². The summed E-state index contributed by atoms with van der Waals surface area (Å²) in [4.78, 5) is 28.1. The third kappa shape index (κ3) is 2.38. The van der Waals surface area contributed by atoms with E-state index in [9.17, 15) is 14.7 Å². The van der Waals surface area contributed by atoms with E-state index in [-0.39, 0.29) is 11.4 Å². The minimum atomic E-state index is -0.484. The minimum Gasteiger partial charge on any atom is -0.503 e. The summed E-state index contributed by atoms with van der Waals surface area (Å²) in [5, 5.41) is 14.0. The van der Waals surface area contributed by atoms with E-state index < -0.39 is 17.7 Å². The first-order valence-electron chi connectivity index (χ1n) is 7.00. The molecule has 0 spiro atoms. The predicted molar refractivity (Wildman–Crippen MR) is 87.4 cm³/mol. The summed E-state index contributed by atoms with van der Waals surface area (Å²) in [7, 11) is 0. The second-order valence-electron chi connectivity index (χ2n) is 4.99. The maximum absolute atomic E-state index is 12.7. The lowest BCUT2D eigenvalue weighted by Gasteiger charge is -2.24. The van der Waals surface area contributed by atoms with E-state index in [2.05, 4.69) is 0 Å². The van der Waals surface area contributed by atoms with Crippen molar-refractivity contribution in [2.75, 3.05) is 6.54 Å². The molecular weight excluding hydrogens is 318 g/mol. The fourth-order valence-electron chi connectivity index (χ4n) is 2.64. The summed E-state index contributed by atoms with van der Waals surface area (Å²) in [6, 6.07) is 6.80. The van der Waals surface area contributed by atoms with Crippen LogP contribution in [0.5, 0.6) is 0 Å². The molecule has 0 aliphatic carbocycles. The third-order valence-electron chi connectivity index (χ3n) is 3.57. The Balaban J connectivity index is 2.08. The van der Waals surface area contributed by atoms with Crippen LogP contribution in [0, 0.1) is 0 Å².